The Kier molecular flexibility index (Phi) is 5.95. The molecule has 0 saturated carbocycles. The molecule has 0 aliphatic heterocycles. The third-order valence-electron chi connectivity index (χ3n) is 3.34. The summed E-state index contributed by atoms with van der Waals surface area (Å²) in [6, 6.07) is 12.4. The van der Waals surface area contributed by atoms with E-state index in [1.165, 1.54) is 13.8 Å². The van der Waals surface area contributed by atoms with Gasteiger partial charge in [-0.15, -0.1) is 0 Å². The summed E-state index contributed by atoms with van der Waals surface area (Å²) < 4.78 is 11.4. The number of Topliss-reactive ketones (excluding diaryl/α,β-unsaturated/α-hetero) is 1. The van der Waals surface area contributed by atoms with Crippen molar-refractivity contribution in [2.24, 2.45) is 0 Å². The quantitative estimate of drug-likeness (QED) is 0.785. The molecule has 0 aliphatic carbocycles. The van der Waals surface area contributed by atoms with Crippen LogP contribution in [0.15, 0.2) is 42.5 Å². The minimum Gasteiger partial charge on any atom is -0.493 e. The van der Waals surface area contributed by atoms with Gasteiger partial charge in [0.1, 0.15) is 18.1 Å². The predicted octanol–water partition coefficient (Wildman–Crippen LogP) is 3.83. The minimum absolute atomic E-state index is 0.000964. The Morgan fingerprint density at radius 3 is 2.29 bits per heavy atom. The average molecular weight is 327 g/mol. The Morgan fingerprint density at radius 1 is 1.00 bits per heavy atom. The molecule has 0 atom stereocenters. The molecule has 0 heterocycles. The van der Waals surface area contributed by atoms with Crippen LogP contribution in [0.2, 0.25) is 0 Å². The molecule has 0 aliphatic rings. The summed E-state index contributed by atoms with van der Waals surface area (Å²) in [4.78, 5) is 22.6. The van der Waals surface area contributed by atoms with Crippen LogP contribution in [0.25, 0.3) is 0 Å². The zero-order valence-corrected chi connectivity index (χ0v) is 14.1. The first-order valence-corrected chi connectivity index (χ1v) is 7.76. The van der Waals surface area contributed by atoms with Gasteiger partial charge in [0.15, 0.2) is 5.78 Å². The van der Waals surface area contributed by atoms with Crippen molar-refractivity contribution in [3.8, 4) is 11.5 Å². The lowest BCUT2D eigenvalue weighted by Crippen LogP contribution is -2.05. The number of hydrogen-bond donors (Lipinski definition) is 1. The third-order valence-corrected chi connectivity index (χ3v) is 3.34. The third kappa shape index (κ3) is 4.84. The van der Waals surface area contributed by atoms with Gasteiger partial charge in [0, 0.05) is 23.7 Å². The maximum atomic E-state index is 11.6. The molecule has 2 aromatic carbocycles. The molecular formula is C19H21NO4. The van der Waals surface area contributed by atoms with Crippen LogP contribution in [0.3, 0.4) is 0 Å². The van der Waals surface area contributed by atoms with Crippen molar-refractivity contribution in [1.29, 1.82) is 0 Å². The molecule has 2 rings (SSSR count). The molecule has 0 spiro atoms. The normalized spacial score (nSPS) is 10.1. The van der Waals surface area contributed by atoms with Crippen LogP contribution < -0.4 is 14.8 Å². The second kappa shape index (κ2) is 8.15. The molecule has 24 heavy (non-hydrogen) atoms. The Balaban J connectivity index is 2.10. The van der Waals surface area contributed by atoms with Crippen LogP contribution in [0.5, 0.6) is 11.5 Å². The van der Waals surface area contributed by atoms with Gasteiger partial charge in [-0.1, -0.05) is 0 Å². The van der Waals surface area contributed by atoms with E-state index in [4.69, 9.17) is 9.47 Å². The van der Waals surface area contributed by atoms with Gasteiger partial charge in [0.05, 0.1) is 6.61 Å². The lowest BCUT2D eigenvalue weighted by atomic mass is 10.1. The molecule has 1 N–H and O–H groups in total. The van der Waals surface area contributed by atoms with E-state index in [1.807, 2.05) is 6.92 Å². The Hall–Kier alpha value is -2.82. The standard InChI is InChI=1S/C19H21NO4/c1-4-23-19-10-5-15(13(2)21)11-16(19)12-24-18-8-6-17(7-9-18)20-14(3)22/h5-11H,4,12H2,1-3H3,(H,20,22). The Bertz CT molecular complexity index is 723. The van der Waals surface area contributed by atoms with Crippen LogP contribution in [-0.4, -0.2) is 18.3 Å². The van der Waals surface area contributed by atoms with E-state index >= 15 is 0 Å². The monoisotopic (exact) mass is 327 g/mol. The van der Waals surface area contributed by atoms with Gasteiger partial charge < -0.3 is 14.8 Å². The highest BCUT2D eigenvalue weighted by Gasteiger charge is 2.09. The Morgan fingerprint density at radius 2 is 1.71 bits per heavy atom. The zero-order valence-electron chi connectivity index (χ0n) is 14.1. The molecule has 0 aromatic heterocycles. The van der Waals surface area contributed by atoms with Gasteiger partial charge >= 0.3 is 0 Å². The maximum Gasteiger partial charge on any atom is 0.221 e. The van der Waals surface area contributed by atoms with Crippen molar-refractivity contribution in [2.45, 2.75) is 27.4 Å². The number of carbonyl (C=O) groups is 2. The maximum absolute atomic E-state index is 11.6. The van der Waals surface area contributed by atoms with Gasteiger partial charge in [0.2, 0.25) is 5.91 Å². The fourth-order valence-corrected chi connectivity index (χ4v) is 2.21. The summed E-state index contributed by atoms with van der Waals surface area (Å²) in [5.74, 6) is 1.25. The summed E-state index contributed by atoms with van der Waals surface area (Å²) in [6.07, 6.45) is 0. The zero-order chi connectivity index (χ0) is 17.5. The molecule has 2 aromatic rings. The molecule has 0 unspecified atom stereocenters. The topological polar surface area (TPSA) is 64.6 Å². The number of carbonyl (C=O) groups excluding carboxylic acids is 2. The summed E-state index contributed by atoms with van der Waals surface area (Å²) in [5, 5.41) is 2.70. The summed E-state index contributed by atoms with van der Waals surface area (Å²) in [5.41, 5.74) is 2.15. The fourth-order valence-electron chi connectivity index (χ4n) is 2.21. The van der Waals surface area contributed by atoms with Crippen molar-refractivity contribution in [1.82, 2.24) is 0 Å². The van der Waals surface area contributed by atoms with Crippen molar-refractivity contribution in [2.75, 3.05) is 11.9 Å². The molecule has 0 fully saturated rings. The van der Waals surface area contributed by atoms with Gasteiger partial charge in [0.25, 0.3) is 0 Å². The molecule has 126 valence electrons. The number of hydrogen-bond acceptors (Lipinski definition) is 4. The molecule has 0 bridgehead atoms. The van der Waals surface area contributed by atoms with Crippen LogP contribution in [0.1, 0.15) is 36.7 Å². The first-order chi connectivity index (χ1) is 11.5. The Labute approximate surface area is 141 Å². The van der Waals surface area contributed by atoms with E-state index in [0.717, 1.165) is 5.56 Å². The molecule has 0 radical (unpaired) electrons. The molecule has 1 amide bonds. The number of nitrogens with one attached hydrogen (secondary N) is 1. The molecule has 5 heteroatoms. The largest absolute Gasteiger partial charge is 0.493 e. The van der Waals surface area contributed by atoms with Crippen LogP contribution in [-0.2, 0) is 11.4 Å². The second-order valence-electron chi connectivity index (χ2n) is 5.31. The number of ether oxygens (including phenoxy) is 2. The first kappa shape index (κ1) is 17.5. The predicted molar refractivity (Wildman–Crippen MR) is 92.7 cm³/mol. The number of benzene rings is 2. The SMILES string of the molecule is CCOc1ccc(C(C)=O)cc1COc1ccc(NC(C)=O)cc1. The lowest BCUT2D eigenvalue weighted by Gasteiger charge is -2.13. The lowest BCUT2D eigenvalue weighted by molar-refractivity contribution is -0.114. The van der Waals surface area contributed by atoms with Gasteiger partial charge in [-0.25, -0.2) is 0 Å². The smallest absolute Gasteiger partial charge is 0.221 e. The highest BCUT2D eigenvalue weighted by Crippen LogP contribution is 2.23. The second-order valence-corrected chi connectivity index (χ2v) is 5.31. The van der Waals surface area contributed by atoms with E-state index < -0.39 is 0 Å². The highest BCUT2D eigenvalue weighted by atomic mass is 16.5. The van der Waals surface area contributed by atoms with E-state index in [2.05, 4.69) is 5.32 Å². The van der Waals surface area contributed by atoms with Gasteiger partial charge in [-0.05, 0) is 56.3 Å². The van der Waals surface area contributed by atoms with E-state index in [9.17, 15) is 9.59 Å². The van der Waals surface area contributed by atoms with E-state index in [-0.39, 0.29) is 18.3 Å². The van der Waals surface area contributed by atoms with Crippen molar-refractivity contribution in [3.63, 3.8) is 0 Å². The molecular weight excluding hydrogens is 306 g/mol. The van der Waals surface area contributed by atoms with E-state index in [1.54, 1.807) is 42.5 Å². The average Bonchev–Trinajstić information content (AvgIpc) is 2.54. The summed E-state index contributed by atoms with van der Waals surface area (Å²) in [6.45, 7) is 5.72. The van der Waals surface area contributed by atoms with Crippen molar-refractivity contribution in [3.05, 3.63) is 53.6 Å². The molecule has 5 nitrogen and oxygen atoms in total. The van der Waals surface area contributed by atoms with Crippen LogP contribution in [0, 0.1) is 0 Å². The number of anilines is 1. The van der Waals surface area contributed by atoms with Crippen molar-refractivity contribution < 1.29 is 19.1 Å². The first-order valence-electron chi connectivity index (χ1n) is 7.76. The summed E-state index contributed by atoms with van der Waals surface area (Å²) >= 11 is 0. The fraction of sp³-hybridized carbons (Fsp3) is 0.263. The van der Waals surface area contributed by atoms with Crippen LogP contribution >= 0.6 is 0 Å². The van der Waals surface area contributed by atoms with Gasteiger partial charge in [-0.3, -0.25) is 9.59 Å². The van der Waals surface area contributed by atoms with Crippen LogP contribution in [0.4, 0.5) is 5.69 Å². The van der Waals surface area contributed by atoms with Crippen molar-refractivity contribution >= 4 is 17.4 Å². The highest BCUT2D eigenvalue weighted by molar-refractivity contribution is 5.94. The number of ketones is 1. The number of amides is 1. The minimum atomic E-state index is -0.119. The van der Waals surface area contributed by atoms with E-state index in [0.29, 0.717) is 29.4 Å². The summed E-state index contributed by atoms with van der Waals surface area (Å²) in [7, 11) is 0. The number of rotatable bonds is 7. The van der Waals surface area contributed by atoms with Gasteiger partial charge in [-0.2, -0.15) is 0 Å². The molecule has 0 saturated heterocycles.